The van der Waals surface area contributed by atoms with Crippen molar-refractivity contribution in [3.05, 3.63) is 70.0 Å². The zero-order valence-electron chi connectivity index (χ0n) is 21.6. The first-order valence-electron chi connectivity index (χ1n) is 12.4. The number of primary amides is 1. The van der Waals surface area contributed by atoms with Crippen LogP contribution < -0.4 is 5.73 Å². The summed E-state index contributed by atoms with van der Waals surface area (Å²) in [5.41, 5.74) is 3.64. The number of nitrogens with two attached hydrogens (primary N) is 1. The Kier molecular flexibility index (Phi) is 6.00. The van der Waals surface area contributed by atoms with Crippen molar-refractivity contribution in [2.75, 3.05) is 14.1 Å². The van der Waals surface area contributed by atoms with Crippen LogP contribution in [0.3, 0.4) is 0 Å². The monoisotopic (exact) mass is 532 g/mol. The van der Waals surface area contributed by atoms with Crippen molar-refractivity contribution in [2.45, 2.75) is 31.4 Å². The van der Waals surface area contributed by atoms with Gasteiger partial charge >= 0.3 is 0 Å². The zero-order valence-corrected chi connectivity index (χ0v) is 21.6. The van der Waals surface area contributed by atoms with Gasteiger partial charge in [0.25, 0.3) is 5.91 Å². The van der Waals surface area contributed by atoms with E-state index in [1.807, 2.05) is 0 Å². The summed E-state index contributed by atoms with van der Waals surface area (Å²) in [5.74, 6) is -7.25. The fourth-order valence-electron chi connectivity index (χ4n) is 6.52. The van der Waals surface area contributed by atoms with Crippen molar-refractivity contribution < 1.29 is 39.6 Å². The number of nitrogens with zero attached hydrogens (tertiary/aromatic N) is 1. The molecular formula is C29H28N2O8. The van der Waals surface area contributed by atoms with Crippen molar-refractivity contribution in [1.82, 2.24) is 4.90 Å². The molecular weight excluding hydrogens is 504 g/mol. The van der Waals surface area contributed by atoms with Crippen LogP contribution in [0, 0.1) is 11.8 Å². The van der Waals surface area contributed by atoms with E-state index in [1.54, 1.807) is 44.4 Å². The summed E-state index contributed by atoms with van der Waals surface area (Å²) in [5, 5.41) is 44.8. The summed E-state index contributed by atoms with van der Waals surface area (Å²) in [6.45, 7) is 1.43. The number of fused-ring (bicyclic) bond motifs is 3. The molecule has 5 rings (SSSR count). The molecule has 0 aromatic heterocycles. The quantitative estimate of drug-likeness (QED) is 0.290. The molecule has 1 saturated carbocycles. The lowest BCUT2D eigenvalue weighted by molar-refractivity contribution is -0.153. The lowest BCUT2D eigenvalue weighted by Crippen LogP contribution is -2.65. The van der Waals surface area contributed by atoms with Crippen LogP contribution in [-0.4, -0.2) is 74.3 Å². The number of rotatable bonds is 4. The number of ketones is 3. The topological polar surface area (TPSA) is 178 Å². The Labute approximate surface area is 223 Å². The van der Waals surface area contributed by atoms with Gasteiger partial charge in [0, 0.05) is 17.1 Å². The first-order valence-corrected chi connectivity index (χ1v) is 12.4. The maximum absolute atomic E-state index is 13.9. The van der Waals surface area contributed by atoms with Crippen molar-refractivity contribution >= 4 is 29.0 Å². The van der Waals surface area contributed by atoms with E-state index in [-0.39, 0.29) is 35.5 Å². The molecule has 4 atom stereocenters. The maximum Gasteiger partial charge on any atom is 0.255 e. The largest absolute Gasteiger partial charge is 0.508 e. The first-order chi connectivity index (χ1) is 18.3. The van der Waals surface area contributed by atoms with E-state index in [0.29, 0.717) is 22.3 Å². The molecule has 3 aliphatic carbocycles. The van der Waals surface area contributed by atoms with Gasteiger partial charge in [-0.3, -0.25) is 24.1 Å². The predicted octanol–water partition coefficient (Wildman–Crippen LogP) is 1.83. The summed E-state index contributed by atoms with van der Waals surface area (Å²) in [7, 11) is 3.09. The molecule has 0 spiro atoms. The molecule has 1 amide bonds. The molecule has 202 valence electrons. The van der Waals surface area contributed by atoms with Gasteiger partial charge in [-0.2, -0.15) is 0 Å². The SMILES string of the molecule is CC(=O)c1ccccc1-c1ccc(O)c2c1C[C@H]1C[C@H]3[C@H](N(C)C)C(=O)C(C(N)=O)=C(O)[C@@]3(O)C(=O)C1=C2O. The molecule has 1 fully saturated rings. The van der Waals surface area contributed by atoms with Crippen LogP contribution >= 0.6 is 0 Å². The molecule has 0 heterocycles. The van der Waals surface area contributed by atoms with E-state index in [1.165, 1.54) is 17.9 Å². The van der Waals surface area contributed by atoms with Crippen LogP contribution in [0.1, 0.15) is 34.8 Å². The second kappa shape index (κ2) is 8.89. The summed E-state index contributed by atoms with van der Waals surface area (Å²) in [6.07, 6.45) is 0.111. The molecule has 0 saturated heterocycles. The van der Waals surface area contributed by atoms with Gasteiger partial charge in [0.15, 0.2) is 17.2 Å². The number of likely N-dealkylation sites (N-methyl/N-ethyl adjacent to an activating group) is 1. The summed E-state index contributed by atoms with van der Waals surface area (Å²) < 4.78 is 0. The van der Waals surface area contributed by atoms with E-state index in [4.69, 9.17) is 5.73 Å². The average Bonchev–Trinajstić information content (AvgIpc) is 2.86. The molecule has 0 aliphatic heterocycles. The highest BCUT2D eigenvalue weighted by molar-refractivity contribution is 6.24. The van der Waals surface area contributed by atoms with Crippen molar-refractivity contribution in [2.24, 2.45) is 17.6 Å². The van der Waals surface area contributed by atoms with Gasteiger partial charge in [-0.25, -0.2) is 0 Å². The van der Waals surface area contributed by atoms with Crippen molar-refractivity contribution in [3.63, 3.8) is 0 Å². The van der Waals surface area contributed by atoms with Crippen LogP contribution in [0.2, 0.25) is 0 Å². The standard InChI is InChI=1S/C29H28N2O8/c1-12(32)14-6-4-5-7-15(14)16-8-9-19(33)21-17(16)10-13-11-18-23(31(2)3)25(35)22(28(30)38)27(37)29(18,39)26(36)20(13)24(21)34/h4-9,13,18,23,33-34,37,39H,10-11H2,1-3H3,(H2,30,38)/t13-,18-,23-,29-/m0/s1. The van der Waals surface area contributed by atoms with E-state index < -0.39 is 58.0 Å². The van der Waals surface area contributed by atoms with Gasteiger partial charge in [-0.05, 0) is 62.5 Å². The number of carbonyl (C=O) groups is 4. The molecule has 6 N–H and O–H groups in total. The number of phenols is 1. The summed E-state index contributed by atoms with van der Waals surface area (Å²) >= 11 is 0. The molecule has 2 aromatic carbocycles. The number of aliphatic hydroxyl groups excluding tert-OH is 2. The Bertz CT molecular complexity index is 1550. The number of Topliss-reactive ketones (excluding diaryl/α,β-unsaturated/α-hetero) is 3. The minimum atomic E-state index is -2.70. The molecule has 0 unspecified atom stereocenters. The van der Waals surface area contributed by atoms with Gasteiger partial charge in [-0.15, -0.1) is 0 Å². The fraction of sp³-hybridized carbons (Fsp3) is 0.310. The minimum Gasteiger partial charge on any atom is -0.508 e. The Hall–Kier alpha value is -4.28. The third-order valence-electron chi connectivity index (χ3n) is 8.20. The normalized spacial score (nSPS) is 26.3. The van der Waals surface area contributed by atoms with Gasteiger partial charge < -0.3 is 26.2 Å². The molecule has 0 bridgehead atoms. The van der Waals surface area contributed by atoms with Crippen molar-refractivity contribution in [3.8, 4) is 16.9 Å². The molecule has 0 radical (unpaired) electrons. The highest BCUT2D eigenvalue weighted by atomic mass is 16.3. The fourth-order valence-corrected chi connectivity index (χ4v) is 6.52. The van der Waals surface area contributed by atoms with Gasteiger partial charge in [0.05, 0.1) is 11.6 Å². The molecule has 10 nitrogen and oxygen atoms in total. The molecule has 3 aliphatic rings. The van der Waals surface area contributed by atoms with Crippen LogP contribution in [0.25, 0.3) is 16.9 Å². The van der Waals surface area contributed by atoms with Gasteiger partial charge in [0.2, 0.25) is 5.78 Å². The smallest absolute Gasteiger partial charge is 0.255 e. The number of amides is 1. The second-order valence-electron chi connectivity index (χ2n) is 10.5. The molecule has 39 heavy (non-hydrogen) atoms. The van der Waals surface area contributed by atoms with E-state index in [2.05, 4.69) is 0 Å². The van der Waals surface area contributed by atoms with E-state index in [0.717, 1.165) is 0 Å². The van der Waals surface area contributed by atoms with Crippen molar-refractivity contribution in [1.29, 1.82) is 0 Å². The molecule has 10 heteroatoms. The van der Waals surface area contributed by atoms with E-state index in [9.17, 15) is 39.6 Å². The first kappa shape index (κ1) is 26.3. The van der Waals surface area contributed by atoms with Crippen LogP contribution in [-0.2, 0) is 20.8 Å². The number of phenolic OH excluding ortho intramolecular Hbond substituents is 1. The summed E-state index contributed by atoms with van der Waals surface area (Å²) in [6, 6.07) is 8.73. The van der Waals surface area contributed by atoms with Gasteiger partial charge in [0.1, 0.15) is 22.8 Å². The number of hydrogen-bond acceptors (Lipinski definition) is 9. The number of aromatic hydroxyl groups is 1. The Morgan fingerprint density at radius 2 is 1.69 bits per heavy atom. The maximum atomic E-state index is 13.9. The minimum absolute atomic E-state index is 0.0186. The molecule has 2 aromatic rings. The number of aliphatic hydroxyl groups is 3. The van der Waals surface area contributed by atoms with Crippen LogP contribution in [0.5, 0.6) is 5.75 Å². The van der Waals surface area contributed by atoms with Crippen LogP contribution in [0.4, 0.5) is 0 Å². The Morgan fingerprint density at radius 3 is 2.31 bits per heavy atom. The summed E-state index contributed by atoms with van der Waals surface area (Å²) in [4.78, 5) is 53.1. The average molecular weight is 533 g/mol. The highest BCUT2D eigenvalue weighted by Crippen LogP contribution is 2.53. The Balaban J connectivity index is 1.76. The van der Waals surface area contributed by atoms with Gasteiger partial charge in [-0.1, -0.05) is 30.3 Å². The number of hydrogen-bond donors (Lipinski definition) is 5. The number of carbonyl (C=O) groups excluding carboxylic acids is 4. The van der Waals surface area contributed by atoms with E-state index >= 15 is 0 Å². The number of benzene rings is 2. The highest BCUT2D eigenvalue weighted by Gasteiger charge is 2.64. The van der Waals surface area contributed by atoms with Crippen LogP contribution in [0.15, 0.2) is 53.3 Å². The Morgan fingerprint density at radius 1 is 1.03 bits per heavy atom. The lowest BCUT2D eigenvalue weighted by atomic mass is 9.57. The zero-order chi connectivity index (χ0) is 28.5. The third kappa shape index (κ3) is 3.55. The predicted molar refractivity (Wildman–Crippen MR) is 140 cm³/mol. The second-order valence-corrected chi connectivity index (χ2v) is 10.5. The lowest BCUT2D eigenvalue weighted by Gasteiger charge is -2.50. The third-order valence-corrected chi connectivity index (χ3v) is 8.20.